The van der Waals surface area contributed by atoms with Gasteiger partial charge in [0.15, 0.2) is 12.2 Å². The minimum atomic E-state index is 0.660. The molecule has 1 aliphatic heterocycles. The molecule has 1 fully saturated rings. The topological polar surface area (TPSA) is 53.3 Å². The van der Waals surface area contributed by atoms with Gasteiger partial charge in [-0.2, -0.15) is 0 Å². The van der Waals surface area contributed by atoms with E-state index in [0.717, 1.165) is 37.5 Å². The Balaban J connectivity index is 1.47. The zero-order valence-electron chi connectivity index (χ0n) is 14.5. The number of hydrogen-bond acceptors (Lipinski definition) is 5. The second kappa shape index (κ2) is 8.85. The molecule has 0 radical (unpaired) electrons. The average molecular weight is 328 g/mol. The standard InChI is InChI=1S/C19H28N4O/c1-20-9-2-3-10-22-17-7-11-23(12-8-17)18-6-4-5-16(13-18)19-14-21-15-24-19/h4-6,13-15,17,20,22H,2-3,7-12H2,1H3. The maximum Gasteiger partial charge on any atom is 0.181 e. The average Bonchev–Trinajstić information content (AvgIpc) is 3.17. The van der Waals surface area contributed by atoms with Gasteiger partial charge < -0.3 is 20.0 Å². The van der Waals surface area contributed by atoms with Gasteiger partial charge in [-0.15, -0.1) is 0 Å². The van der Waals surface area contributed by atoms with Crippen LogP contribution in [0.1, 0.15) is 25.7 Å². The second-order valence-electron chi connectivity index (χ2n) is 6.44. The fourth-order valence-corrected chi connectivity index (χ4v) is 3.29. The summed E-state index contributed by atoms with van der Waals surface area (Å²) in [5.41, 5.74) is 2.37. The maximum absolute atomic E-state index is 5.41. The zero-order valence-corrected chi connectivity index (χ0v) is 14.5. The van der Waals surface area contributed by atoms with E-state index in [0.29, 0.717) is 6.04 Å². The minimum absolute atomic E-state index is 0.660. The Kier molecular flexibility index (Phi) is 6.26. The number of anilines is 1. The number of hydrogen-bond donors (Lipinski definition) is 2. The van der Waals surface area contributed by atoms with Gasteiger partial charge in [0.05, 0.1) is 6.20 Å². The van der Waals surface area contributed by atoms with Crippen molar-refractivity contribution in [2.75, 3.05) is 38.1 Å². The summed E-state index contributed by atoms with van der Waals surface area (Å²) in [7, 11) is 2.01. The first-order chi connectivity index (χ1) is 11.9. The molecule has 1 aromatic carbocycles. The van der Waals surface area contributed by atoms with E-state index < -0.39 is 0 Å². The first-order valence-electron chi connectivity index (χ1n) is 8.98. The van der Waals surface area contributed by atoms with Gasteiger partial charge in [0.25, 0.3) is 0 Å². The Bertz CT molecular complexity index is 591. The molecule has 5 nitrogen and oxygen atoms in total. The van der Waals surface area contributed by atoms with Crippen LogP contribution in [0.15, 0.2) is 41.3 Å². The summed E-state index contributed by atoms with van der Waals surface area (Å²) < 4.78 is 5.41. The molecule has 0 aliphatic carbocycles. The molecule has 0 unspecified atom stereocenters. The summed E-state index contributed by atoms with van der Waals surface area (Å²) in [5, 5.41) is 6.91. The molecule has 0 amide bonds. The number of rotatable bonds is 8. The SMILES string of the molecule is CNCCCCNC1CCN(c2cccc(-c3cnco3)c2)CC1. The third-order valence-corrected chi connectivity index (χ3v) is 4.71. The van der Waals surface area contributed by atoms with Crippen LogP contribution in [0, 0.1) is 0 Å². The highest BCUT2D eigenvalue weighted by atomic mass is 16.3. The van der Waals surface area contributed by atoms with Crippen molar-refractivity contribution in [3.63, 3.8) is 0 Å². The van der Waals surface area contributed by atoms with Gasteiger partial charge in [-0.25, -0.2) is 4.98 Å². The highest BCUT2D eigenvalue weighted by Crippen LogP contribution is 2.26. The van der Waals surface area contributed by atoms with Crippen LogP contribution in [0.4, 0.5) is 5.69 Å². The van der Waals surface area contributed by atoms with E-state index in [-0.39, 0.29) is 0 Å². The molecule has 2 aromatic rings. The summed E-state index contributed by atoms with van der Waals surface area (Å²) >= 11 is 0. The summed E-state index contributed by atoms with van der Waals surface area (Å²) in [6.45, 7) is 4.46. The van der Waals surface area contributed by atoms with Crippen molar-refractivity contribution >= 4 is 5.69 Å². The van der Waals surface area contributed by atoms with E-state index >= 15 is 0 Å². The smallest absolute Gasteiger partial charge is 0.181 e. The monoisotopic (exact) mass is 328 g/mol. The highest BCUT2D eigenvalue weighted by molar-refractivity contribution is 5.64. The first-order valence-corrected chi connectivity index (χ1v) is 8.98. The summed E-state index contributed by atoms with van der Waals surface area (Å²) in [5.74, 6) is 0.829. The van der Waals surface area contributed by atoms with E-state index in [9.17, 15) is 0 Å². The lowest BCUT2D eigenvalue weighted by Crippen LogP contribution is -2.42. The van der Waals surface area contributed by atoms with E-state index in [1.54, 1.807) is 6.20 Å². The van der Waals surface area contributed by atoms with Crippen molar-refractivity contribution in [1.29, 1.82) is 0 Å². The first kappa shape index (κ1) is 17.0. The van der Waals surface area contributed by atoms with Crippen LogP contribution in [0.25, 0.3) is 11.3 Å². The van der Waals surface area contributed by atoms with Crippen LogP contribution in [-0.2, 0) is 0 Å². The predicted octanol–water partition coefficient (Wildman–Crippen LogP) is 2.90. The molecule has 0 spiro atoms. The largest absolute Gasteiger partial charge is 0.444 e. The Morgan fingerprint density at radius 2 is 2.04 bits per heavy atom. The predicted molar refractivity (Wildman–Crippen MR) is 98.3 cm³/mol. The highest BCUT2D eigenvalue weighted by Gasteiger charge is 2.19. The molecule has 2 N–H and O–H groups in total. The lowest BCUT2D eigenvalue weighted by molar-refractivity contribution is 0.410. The lowest BCUT2D eigenvalue weighted by Gasteiger charge is -2.34. The van der Waals surface area contributed by atoms with Gasteiger partial charge in [0, 0.05) is 30.4 Å². The number of nitrogens with one attached hydrogen (secondary N) is 2. The lowest BCUT2D eigenvalue weighted by atomic mass is 10.0. The van der Waals surface area contributed by atoms with E-state index in [2.05, 4.69) is 44.8 Å². The number of piperidine rings is 1. The Labute approximate surface area is 144 Å². The van der Waals surface area contributed by atoms with Gasteiger partial charge in [-0.3, -0.25) is 0 Å². The van der Waals surface area contributed by atoms with E-state index in [4.69, 9.17) is 4.42 Å². The van der Waals surface area contributed by atoms with Crippen molar-refractivity contribution in [3.05, 3.63) is 36.9 Å². The maximum atomic E-state index is 5.41. The molecule has 1 aliphatic rings. The van der Waals surface area contributed by atoms with Crippen molar-refractivity contribution in [2.45, 2.75) is 31.7 Å². The van der Waals surface area contributed by atoms with Crippen LogP contribution in [0.5, 0.6) is 0 Å². The van der Waals surface area contributed by atoms with Crippen LogP contribution in [0.3, 0.4) is 0 Å². The summed E-state index contributed by atoms with van der Waals surface area (Å²) in [6.07, 6.45) is 8.16. The Morgan fingerprint density at radius 3 is 2.79 bits per heavy atom. The van der Waals surface area contributed by atoms with Crippen LogP contribution in [0.2, 0.25) is 0 Å². The number of benzene rings is 1. The van der Waals surface area contributed by atoms with Crippen molar-refractivity contribution in [3.8, 4) is 11.3 Å². The van der Waals surface area contributed by atoms with Crippen LogP contribution >= 0.6 is 0 Å². The van der Waals surface area contributed by atoms with Gasteiger partial charge >= 0.3 is 0 Å². The fraction of sp³-hybridized carbons (Fsp3) is 0.526. The molecule has 0 atom stereocenters. The summed E-state index contributed by atoms with van der Waals surface area (Å²) in [4.78, 5) is 6.48. The van der Waals surface area contributed by atoms with Crippen molar-refractivity contribution in [1.82, 2.24) is 15.6 Å². The molecule has 0 saturated carbocycles. The Morgan fingerprint density at radius 1 is 1.21 bits per heavy atom. The Hall–Kier alpha value is -1.85. The van der Waals surface area contributed by atoms with Gasteiger partial charge in [-0.1, -0.05) is 12.1 Å². The molecule has 0 bridgehead atoms. The minimum Gasteiger partial charge on any atom is -0.444 e. The number of nitrogens with zero attached hydrogens (tertiary/aromatic N) is 2. The van der Waals surface area contributed by atoms with E-state index in [1.807, 2.05) is 7.05 Å². The quantitative estimate of drug-likeness (QED) is 0.730. The molecular formula is C19H28N4O. The fourth-order valence-electron chi connectivity index (χ4n) is 3.29. The van der Waals surface area contributed by atoms with Crippen LogP contribution in [-0.4, -0.2) is 44.3 Å². The summed E-state index contributed by atoms with van der Waals surface area (Å²) in [6, 6.07) is 9.22. The molecule has 5 heteroatoms. The number of unbranched alkanes of at least 4 members (excludes halogenated alkanes) is 1. The van der Waals surface area contributed by atoms with Crippen molar-refractivity contribution in [2.24, 2.45) is 0 Å². The normalized spacial score (nSPS) is 15.8. The molecule has 1 aromatic heterocycles. The molecule has 24 heavy (non-hydrogen) atoms. The van der Waals surface area contributed by atoms with Gasteiger partial charge in [0.2, 0.25) is 0 Å². The molecular weight excluding hydrogens is 300 g/mol. The molecule has 3 rings (SSSR count). The third kappa shape index (κ3) is 4.58. The third-order valence-electron chi connectivity index (χ3n) is 4.71. The molecule has 1 saturated heterocycles. The number of oxazole rings is 1. The van der Waals surface area contributed by atoms with Crippen molar-refractivity contribution < 1.29 is 4.42 Å². The second-order valence-corrected chi connectivity index (χ2v) is 6.44. The van der Waals surface area contributed by atoms with Gasteiger partial charge in [0.1, 0.15) is 0 Å². The van der Waals surface area contributed by atoms with Crippen LogP contribution < -0.4 is 15.5 Å². The number of aromatic nitrogens is 1. The molecule has 2 heterocycles. The van der Waals surface area contributed by atoms with Gasteiger partial charge in [-0.05, 0) is 58.0 Å². The van der Waals surface area contributed by atoms with E-state index in [1.165, 1.54) is 37.8 Å². The zero-order chi connectivity index (χ0) is 16.6. The molecule has 130 valence electrons.